The van der Waals surface area contributed by atoms with E-state index < -0.39 is 0 Å². The fraction of sp³-hybridized carbons (Fsp3) is 0.300. The van der Waals surface area contributed by atoms with Crippen LogP contribution in [0.1, 0.15) is 11.1 Å². The molecule has 0 saturated carbocycles. The van der Waals surface area contributed by atoms with Crippen molar-refractivity contribution in [2.24, 2.45) is 0 Å². The standard InChI is InChI=1S/C10H12BrNO/c1-4-5-8-7(2)9(11)6-12-10(8)13-3/h4,6H,1,5H2,2-3H3. The molecular weight excluding hydrogens is 230 g/mol. The normalized spacial score (nSPS) is 9.77. The number of allylic oxidation sites excluding steroid dienone is 1. The summed E-state index contributed by atoms with van der Waals surface area (Å²) in [6.45, 7) is 5.74. The van der Waals surface area contributed by atoms with Crippen LogP contribution in [0, 0.1) is 6.92 Å². The van der Waals surface area contributed by atoms with Crippen LogP contribution < -0.4 is 4.74 Å². The van der Waals surface area contributed by atoms with Gasteiger partial charge in [-0.1, -0.05) is 6.08 Å². The number of hydrogen-bond donors (Lipinski definition) is 0. The van der Waals surface area contributed by atoms with Crippen LogP contribution in [-0.4, -0.2) is 12.1 Å². The molecule has 0 bridgehead atoms. The first-order valence-corrected chi connectivity index (χ1v) is 4.78. The van der Waals surface area contributed by atoms with Gasteiger partial charge in [0.2, 0.25) is 5.88 Å². The van der Waals surface area contributed by atoms with Gasteiger partial charge in [0.05, 0.1) is 7.11 Å². The number of ether oxygens (including phenoxy) is 1. The van der Waals surface area contributed by atoms with Crippen LogP contribution in [0.4, 0.5) is 0 Å². The highest BCUT2D eigenvalue weighted by molar-refractivity contribution is 9.10. The van der Waals surface area contributed by atoms with E-state index in [1.807, 2.05) is 13.0 Å². The van der Waals surface area contributed by atoms with Crippen LogP contribution in [0.2, 0.25) is 0 Å². The summed E-state index contributed by atoms with van der Waals surface area (Å²) in [6.07, 6.45) is 4.38. The van der Waals surface area contributed by atoms with E-state index in [0.29, 0.717) is 5.88 Å². The molecule has 0 spiro atoms. The molecule has 70 valence electrons. The predicted octanol–water partition coefficient (Wildman–Crippen LogP) is 2.89. The van der Waals surface area contributed by atoms with Gasteiger partial charge in [0.1, 0.15) is 0 Å². The van der Waals surface area contributed by atoms with E-state index in [4.69, 9.17) is 4.74 Å². The van der Waals surface area contributed by atoms with Gasteiger partial charge >= 0.3 is 0 Å². The Morgan fingerprint density at radius 2 is 2.38 bits per heavy atom. The van der Waals surface area contributed by atoms with Crippen molar-refractivity contribution < 1.29 is 4.74 Å². The first-order valence-electron chi connectivity index (χ1n) is 3.99. The van der Waals surface area contributed by atoms with Crippen LogP contribution >= 0.6 is 15.9 Å². The van der Waals surface area contributed by atoms with E-state index in [0.717, 1.165) is 22.0 Å². The summed E-state index contributed by atoms with van der Waals surface area (Å²) in [5.41, 5.74) is 2.25. The Balaban J connectivity index is 3.23. The maximum absolute atomic E-state index is 5.15. The Labute approximate surface area is 86.8 Å². The maximum atomic E-state index is 5.15. The lowest BCUT2D eigenvalue weighted by Gasteiger charge is -2.09. The Morgan fingerprint density at radius 1 is 1.69 bits per heavy atom. The van der Waals surface area contributed by atoms with Crippen molar-refractivity contribution in [2.75, 3.05) is 7.11 Å². The molecule has 0 saturated heterocycles. The number of rotatable bonds is 3. The van der Waals surface area contributed by atoms with Crippen molar-refractivity contribution >= 4 is 15.9 Å². The molecule has 0 aliphatic rings. The van der Waals surface area contributed by atoms with Gasteiger partial charge in [0.15, 0.2) is 0 Å². The summed E-state index contributed by atoms with van der Waals surface area (Å²) >= 11 is 3.43. The highest BCUT2D eigenvalue weighted by Gasteiger charge is 2.08. The minimum atomic E-state index is 0.681. The highest BCUT2D eigenvalue weighted by atomic mass is 79.9. The van der Waals surface area contributed by atoms with Gasteiger partial charge in [-0.15, -0.1) is 6.58 Å². The van der Waals surface area contributed by atoms with E-state index in [1.165, 1.54) is 0 Å². The molecule has 0 N–H and O–H groups in total. The second kappa shape index (κ2) is 4.42. The zero-order valence-corrected chi connectivity index (χ0v) is 9.39. The van der Waals surface area contributed by atoms with Gasteiger partial charge in [0, 0.05) is 16.2 Å². The van der Waals surface area contributed by atoms with Gasteiger partial charge in [-0.2, -0.15) is 0 Å². The molecule has 0 aliphatic carbocycles. The number of nitrogens with zero attached hydrogens (tertiary/aromatic N) is 1. The van der Waals surface area contributed by atoms with Crippen molar-refractivity contribution in [3.63, 3.8) is 0 Å². The lowest BCUT2D eigenvalue weighted by atomic mass is 10.1. The van der Waals surface area contributed by atoms with Crippen molar-refractivity contribution in [3.05, 3.63) is 34.5 Å². The molecular formula is C10H12BrNO. The number of aromatic nitrogens is 1. The zero-order chi connectivity index (χ0) is 9.84. The van der Waals surface area contributed by atoms with Crippen LogP contribution in [0.25, 0.3) is 0 Å². The van der Waals surface area contributed by atoms with Crippen LogP contribution in [0.5, 0.6) is 5.88 Å². The third-order valence-corrected chi connectivity index (χ3v) is 2.71. The summed E-state index contributed by atoms with van der Waals surface area (Å²) in [7, 11) is 1.63. The average Bonchev–Trinajstić information content (AvgIpc) is 2.14. The Hall–Kier alpha value is -0.830. The molecule has 13 heavy (non-hydrogen) atoms. The van der Waals surface area contributed by atoms with Gasteiger partial charge in [-0.25, -0.2) is 4.98 Å². The topological polar surface area (TPSA) is 22.1 Å². The lowest BCUT2D eigenvalue weighted by molar-refractivity contribution is 0.393. The van der Waals surface area contributed by atoms with Crippen molar-refractivity contribution in [1.29, 1.82) is 0 Å². The monoisotopic (exact) mass is 241 g/mol. The summed E-state index contributed by atoms with van der Waals surface area (Å²) in [6, 6.07) is 0. The van der Waals surface area contributed by atoms with Gasteiger partial charge < -0.3 is 4.74 Å². The number of halogens is 1. The highest BCUT2D eigenvalue weighted by Crippen LogP contribution is 2.26. The summed E-state index contributed by atoms with van der Waals surface area (Å²) in [4.78, 5) is 4.16. The van der Waals surface area contributed by atoms with Gasteiger partial charge in [0.25, 0.3) is 0 Å². The van der Waals surface area contributed by atoms with Gasteiger partial charge in [-0.05, 0) is 34.8 Å². The molecule has 2 nitrogen and oxygen atoms in total. The Kier molecular flexibility index (Phi) is 3.48. The van der Waals surface area contributed by atoms with Gasteiger partial charge in [-0.3, -0.25) is 0 Å². The third-order valence-electron chi connectivity index (χ3n) is 1.91. The quantitative estimate of drug-likeness (QED) is 0.760. The maximum Gasteiger partial charge on any atom is 0.216 e. The molecule has 3 heteroatoms. The molecule has 0 aliphatic heterocycles. The molecule has 1 rings (SSSR count). The van der Waals surface area contributed by atoms with Crippen molar-refractivity contribution in [2.45, 2.75) is 13.3 Å². The van der Waals surface area contributed by atoms with Crippen LogP contribution in [0.15, 0.2) is 23.3 Å². The van der Waals surface area contributed by atoms with Crippen LogP contribution in [0.3, 0.4) is 0 Å². The molecule has 1 aromatic rings. The molecule has 1 aromatic heterocycles. The van der Waals surface area contributed by atoms with E-state index in [1.54, 1.807) is 13.3 Å². The Morgan fingerprint density at radius 3 is 2.92 bits per heavy atom. The van der Waals surface area contributed by atoms with E-state index in [9.17, 15) is 0 Å². The summed E-state index contributed by atoms with van der Waals surface area (Å²) < 4.78 is 6.16. The number of hydrogen-bond acceptors (Lipinski definition) is 2. The SMILES string of the molecule is C=CCc1c(OC)ncc(Br)c1C. The number of pyridine rings is 1. The summed E-state index contributed by atoms with van der Waals surface area (Å²) in [5, 5.41) is 0. The third kappa shape index (κ3) is 2.10. The van der Waals surface area contributed by atoms with Crippen LogP contribution in [-0.2, 0) is 6.42 Å². The second-order valence-corrected chi connectivity index (χ2v) is 3.57. The fourth-order valence-corrected chi connectivity index (χ4v) is 1.50. The number of methoxy groups -OCH3 is 1. The first-order chi connectivity index (χ1) is 6.20. The second-order valence-electron chi connectivity index (χ2n) is 2.71. The van der Waals surface area contributed by atoms with E-state index in [-0.39, 0.29) is 0 Å². The van der Waals surface area contributed by atoms with Crippen molar-refractivity contribution in [1.82, 2.24) is 4.98 Å². The molecule has 0 fully saturated rings. The van der Waals surface area contributed by atoms with Crippen molar-refractivity contribution in [3.8, 4) is 5.88 Å². The fourth-order valence-electron chi connectivity index (χ4n) is 1.16. The molecule has 0 atom stereocenters. The zero-order valence-electron chi connectivity index (χ0n) is 7.80. The summed E-state index contributed by atoms with van der Waals surface area (Å²) in [5.74, 6) is 0.681. The molecule has 0 unspecified atom stereocenters. The van der Waals surface area contributed by atoms with E-state index >= 15 is 0 Å². The Bertz CT molecular complexity index is 323. The minimum Gasteiger partial charge on any atom is -0.481 e. The lowest BCUT2D eigenvalue weighted by Crippen LogP contribution is -1.97. The molecule has 0 radical (unpaired) electrons. The predicted molar refractivity (Wildman–Crippen MR) is 57.1 cm³/mol. The first kappa shape index (κ1) is 10.3. The molecule has 0 aromatic carbocycles. The molecule has 0 amide bonds. The average molecular weight is 242 g/mol. The minimum absolute atomic E-state index is 0.681. The van der Waals surface area contributed by atoms with E-state index in [2.05, 4.69) is 27.5 Å². The smallest absolute Gasteiger partial charge is 0.216 e. The largest absolute Gasteiger partial charge is 0.481 e. The molecule has 1 heterocycles.